The normalized spacial score (nSPS) is 10.6. The maximum absolute atomic E-state index is 12.8. The van der Waals surface area contributed by atoms with E-state index in [1.165, 1.54) is 18.2 Å². The average Bonchev–Trinajstić information content (AvgIpc) is 2.49. The molecule has 0 saturated carbocycles. The topological polar surface area (TPSA) is 35.5 Å². The number of esters is 1. The second-order valence-corrected chi connectivity index (χ2v) is 4.19. The molecule has 2 aromatic carbocycles. The Morgan fingerprint density at radius 2 is 1.76 bits per heavy atom. The van der Waals surface area contributed by atoms with Crippen molar-refractivity contribution < 1.29 is 18.7 Å². The predicted molar refractivity (Wildman–Crippen MR) is 78.7 cm³/mol. The molecule has 0 N–H and O–H groups in total. The summed E-state index contributed by atoms with van der Waals surface area (Å²) in [5.41, 5.74) is 0.714. The van der Waals surface area contributed by atoms with Crippen LogP contribution in [0.2, 0.25) is 0 Å². The molecule has 108 valence electrons. The molecule has 0 spiro atoms. The van der Waals surface area contributed by atoms with Gasteiger partial charge in [0.05, 0.1) is 6.61 Å². The quantitative estimate of drug-likeness (QED) is 0.476. The first-order valence-electron chi connectivity index (χ1n) is 6.56. The van der Waals surface area contributed by atoms with Crippen LogP contribution < -0.4 is 9.47 Å². The highest BCUT2D eigenvalue weighted by Gasteiger charge is 2.07. The SMILES string of the molecule is CCOc1ccccc1OC(=O)/C=C/c1ccc(F)cc1. The molecule has 2 rings (SSSR count). The van der Waals surface area contributed by atoms with Crippen LogP contribution in [-0.4, -0.2) is 12.6 Å². The van der Waals surface area contributed by atoms with Gasteiger partial charge in [0.1, 0.15) is 5.82 Å². The van der Waals surface area contributed by atoms with Gasteiger partial charge in [0, 0.05) is 6.08 Å². The minimum Gasteiger partial charge on any atom is -0.490 e. The van der Waals surface area contributed by atoms with Crippen LogP contribution in [0.25, 0.3) is 6.08 Å². The Balaban J connectivity index is 2.03. The molecule has 0 aliphatic carbocycles. The molecular weight excluding hydrogens is 271 g/mol. The van der Waals surface area contributed by atoms with Gasteiger partial charge in [-0.25, -0.2) is 9.18 Å². The van der Waals surface area contributed by atoms with E-state index in [2.05, 4.69) is 0 Å². The number of halogens is 1. The molecule has 0 saturated heterocycles. The summed E-state index contributed by atoms with van der Waals surface area (Å²) in [5, 5.41) is 0. The highest BCUT2D eigenvalue weighted by Crippen LogP contribution is 2.26. The number of carbonyl (C=O) groups excluding carboxylic acids is 1. The minimum absolute atomic E-state index is 0.319. The van der Waals surface area contributed by atoms with E-state index in [1.54, 1.807) is 42.5 Å². The minimum atomic E-state index is -0.522. The van der Waals surface area contributed by atoms with Crippen LogP contribution >= 0.6 is 0 Å². The summed E-state index contributed by atoms with van der Waals surface area (Å²) in [5.74, 6) is 0.0449. The molecule has 0 radical (unpaired) electrons. The molecule has 0 unspecified atom stereocenters. The highest BCUT2D eigenvalue weighted by atomic mass is 19.1. The van der Waals surface area contributed by atoms with Crippen LogP contribution in [0.15, 0.2) is 54.6 Å². The summed E-state index contributed by atoms with van der Waals surface area (Å²) in [4.78, 5) is 11.8. The number of rotatable bonds is 5. The van der Waals surface area contributed by atoms with Crippen LogP contribution in [0.5, 0.6) is 11.5 Å². The van der Waals surface area contributed by atoms with Crippen LogP contribution in [0.4, 0.5) is 4.39 Å². The number of hydrogen-bond donors (Lipinski definition) is 0. The van der Waals surface area contributed by atoms with Gasteiger partial charge in [-0.05, 0) is 42.8 Å². The zero-order chi connectivity index (χ0) is 15.1. The molecule has 4 heteroatoms. The second kappa shape index (κ2) is 7.24. The molecule has 21 heavy (non-hydrogen) atoms. The van der Waals surface area contributed by atoms with Gasteiger partial charge in [-0.3, -0.25) is 0 Å². The first-order chi connectivity index (χ1) is 10.2. The van der Waals surface area contributed by atoms with Crippen molar-refractivity contribution in [3.8, 4) is 11.5 Å². The summed E-state index contributed by atoms with van der Waals surface area (Å²) in [7, 11) is 0. The zero-order valence-corrected chi connectivity index (χ0v) is 11.6. The molecule has 0 heterocycles. The number of benzene rings is 2. The maximum atomic E-state index is 12.8. The van der Waals surface area contributed by atoms with Gasteiger partial charge in [0.2, 0.25) is 0 Å². The van der Waals surface area contributed by atoms with E-state index in [0.29, 0.717) is 23.7 Å². The van der Waals surface area contributed by atoms with E-state index < -0.39 is 5.97 Å². The standard InChI is InChI=1S/C17H15FO3/c1-2-20-15-5-3-4-6-16(15)21-17(19)12-9-13-7-10-14(18)11-8-13/h3-12H,2H2,1H3/b12-9+. The Labute approximate surface area is 122 Å². The predicted octanol–water partition coefficient (Wildman–Crippen LogP) is 3.84. The fourth-order valence-electron chi connectivity index (χ4n) is 1.69. The fourth-order valence-corrected chi connectivity index (χ4v) is 1.69. The lowest BCUT2D eigenvalue weighted by molar-refractivity contribution is -0.129. The average molecular weight is 286 g/mol. The van der Waals surface area contributed by atoms with Gasteiger partial charge in [-0.2, -0.15) is 0 Å². The monoisotopic (exact) mass is 286 g/mol. The Hall–Kier alpha value is -2.62. The first-order valence-corrected chi connectivity index (χ1v) is 6.56. The van der Waals surface area contributed by atoms with Crippen molar-refractivity contribution >= 4 is 12.0 Å². The van der Waals surface area contributed by atoms with Gasteiger partial charge < -0.3 is 9.47 Å². The van der Waals surface area contributed by atoms with E-state index in [1.807, 2.05) is 6.92 Å². The highest BCUT2D eigenvalue weighted by molar-refractivity contribution is 5.89. The lowest BCUT2D eigenvalue weighted by Crippen LogP contribution is -2.05. The van der Waals surface area contributed by atoms with Crippen molar-refractivity contribution in [2.24, 2.45) is 0 Å². The van der Waals surface area contributed by atoms with Crippen LogP contribution in [-0.2, 0) is 4.79 Å². The summed E-state index contributed by atoms with van der Waals surface area (Å²) >= 11 is 0. The van der Waals surface area contributed by atoms with Gasteiger partial charge in [0.15, 0.2) is 11.5 Å². The Morgan fingerprint density at radius 1 is 1.10 bits per heavy atom. The molecule has 0 bridgehead atoms. The Kier molecular flexibility index (Phi) is 5.10. The zero-order valence-electron chi connectivity index (χ0n) is 11.6. The Bertz CT molecular complexity index is 633. The van der Waals surface area contributed by atoms with Crippen molar-refractivity contribution in [1.29, 1.82) is 0 Å². The van der Waals surface area contributed by atoms with E-state index in [0.717, 1.165) is 0 Å². The molecule has 0 amide bonds. The lowest BCUT2D eigenvalue weighted by atomic mass is 10.2. The number of para-hydroxylation sites is 2. The van der Waals surface area contributed by atoms with E-state index in [-0.39, 0.29) is 5.82 Å². The number of carbonyl (C=O) groups is 1. The Morgan fingerprint density at radius 3 is 2.43 bits per heavy atom. The molecule has 0 atom stereocenters. The summed E-state index contributed by atoms with van der Waals surface area (Å²) < 4.78 is 23.3. The van der Waals surface area contributed by atoms with E-state index in [4.69, 9.17) is 9.47 Å². The van der Waals surface area contributed by atoms with Crippen molar-refractivity contribution in [1.82, 2.24) is 0 Å². The maximum Gasteiger partial charge on any atom is 0.336 e. The molecular formula is C17H15FO3. The molecule has 3 nitrogen and oxygen atoms in total. The second-order valence-electron chi connectivity index (χ2n) is 4.19. The van der Waals surface area contributed by atoms with Crippen molar-refractivity contribution in [2.75, 3.05) is 6.61 Å². The molecule has 0 aliphatic heterocycles. The summed E-state index contributed by atoms with van der Waals surface area (Å²) in [6, 6.07) is 12.8. The van der Waals surface area contributed by atoms with Crippen LogP contribution in [0.3, 0.4) is 0 Å². The third-order valence-corrected chi connectivity index (χ3v) is 2.64. The lowest BCUT2D eigenvalue weighted by Gasteiger charge is -2.08. The largest absolute Gasteiger partial charge is 0.490 e. The van der Waals surface area contributed by atoms with Crippen LogP contribution in [0.1, 0.15) is 12.5 Å². The van der Waals surface area contributed by atoms with E-state index in [9.17, 15) is 9.18 Å². The van der Waals surface area contributed by atoms with Crippen LogP contribution in [0, 0.1) is 5.82 Å². The number of ether oxygens (including phenoxy) is 2. The molecule has 0 aromatic heterocycles. The van der Waals surface area contributed by atoms with Crippen molar-refractivity contribution in [2.45, 2.75) is 6.92 Å². The van der Waals surface area contributed by atoms with E-state index >= 15 is 0 Å². The molecule has 2 aromatic rings. The van der Waals surface area contributed by atoms with Gasteiger partial charge >= 0.3 is 5.97 Å². The number of hydrogen-bond acceptors (Lipinski definition) is 3. The summed E-state index contributed by atoms with van der Waals surface area (Å²) in [6.07, 6.45) is 2.85. The first kappa shape index (κ1) is 14.8. The fraction of sp³-hybridized carbons (Fsp3) is 0.118. The summed E-state index contributed by atoms with van der Waals surface area (Å²) in [6.45, 7) is 2.34. The third kappa shape index (κ3) is 4.45. The van der Waals surface area contributed by atoms with Crippen molar-refractivity contribution in [3.05, 3.63) is 66.0 Å². The third-order valence-electron chi connectivity index (χ3n) is 2.64. The smallest absolute Gasteiger partial charge is 0.336 e. The molecule has 0 aliphatic rings. The molecule has 0 fully saturated rings. The van der Waals surface area contributed by atoms with Gasteiger partial charge in [-0.15, -0.1) is 0 Å². The van der Waals surface area contributed by atoms with Gasteiger partial charge in [0.25, 0.3) is 0 Å². The van der Waals surface area contributed by atoms with Gasteiger partial charge in [-0.1, -0.05) is 24.3 Å². The van der Waals surface area contributed by atoms with Crippen molar-refractivity contribution in [3.63, 3.8) is 0 Å².